The summed E-state index contributed by atoms with van der Waals surface area (Å²) >= 11 is 1.49. The van der Waals surface area contributed by atoms with Crippen LogP contribution in [0.15, 0.2) is 0 Å². The Morgan fingerprint density at radius 3 is 2.76 bits per heavy atom. The summed E-state index contributed by atoms with van der Waals surface area (Å²) in [6.45, 7) is 6.67. The molecule has 1 aliphatic rings. The van der Waals surface area contributed by atoms with E-state index in [0.717, 1.165) is 11.6 Å². The van der Waals surface area contributed by atoms with E-state index in [0.29, 0.717) is 11.8 Å². The lowest BCUT2D eigenvalue weighted by atomic mass is 9.78. The molecule has 0 bridgehead atoms. The Bertz CT molecular complexity index is 361. The van der Waals surface area contributed by atoms with Crippen molar-refractivity contribution in [3.8, 4) is 0 Å². The van der Waals surface area contributed by atoms with Crippen molar-refractivity contribution < 1.29 is 0 Å². The summed E-state index contributed by atoms with van der Waals surface area (Å²) in [5.41, 5.74) is 7.56. The van der Waals surface area contributed by atoms with Gasteiger partial charge >= 0.3 is 0 Å². The van der Waals surface area contributed by atoms with Gasteiger partial charge in [0.1, 0.15) is 0 Å². The standard InChI is InChI=1S/C13H23N3S/c1-8(2)12-13(17-16-15-12)11(14)10-6-4-5-9(3)7-10/h8-11H,4-7,14H2,1-3H3. The molecule has 1 aromatic rings. The maximum Gasteiger partial charge on any atom is 0.0829 e. The Hall–Kier alpha value is -0.480. The SMILES string of the molecule is CC1CCCC(C(N)c2snnc2C(C)C)C1. The summed E-state index contributed by atoms with van der Waals surface area (Å²) in [7, 11) is 0. The minimum absolute atomic E-state index is 0.148. The fraction of sp³-hybridized carbons (Fsp3) is 0.846. The van der Waals surface area contributed by atoms with E-state index >= 15 is 0 Å². The number of aromatic nitrogens is 2. The Balaban J connectivity index is 2.12. The molecular formula is C13H23N3S. The lowest BCUT2D eigenvalue weighted by Crippen LogP contribution is -2.26. The molecule has 0 spiro atoms. The molecule has 0 amide bonds. The highest BCUT2D eigenvalue weighted by atomic mass is 32.1. The second-order valence-electron chi connectivity index (χ2n) is 5.73. The Labute approximate surface area is 108 Å². The lowest BCUT2D eigenvalue weighted by Gasteiger charge is -2.31. The second kappa shape index (κ2) is 5.44. The van der Waals surface area contributed by atoms with Gasteiger partial charge in [-0.3, -0.25) is 0 Å². The highest BCUT2D eigenvalue weighted by molar-refractivity contribution is 7.05. The van der Waals surface area contributed by atoms with Crippen molar-refractivity contribution in [3.63, 3.8) is 0 Å². The normalized spacial score (nSPS) is 27.4. The minimum atomic E-state index is 0.148. The van der Waals surface area contributed by atoms with Gasteiger partial charge in [0, 0.05) is 6.04 Å². The molecule has 1 aliphatic carbocycles. The zero-order chi connectivity index (χ0) is 12.4. The van der Waals surface area contributed by atoms with Gasteiger partial charge in [0.05, 0.1) is 10.6 Å². The third kappa shape index (κ3) is 2.86. The van der Waals surface area contributed by atoms with Gasteiger partial charge in [-0.1, -0.05) is 38.1 Å². The van der Waals surface area contributed by atoms with Gasteiger partial charge in [0.25, 0.3) is 0 Å². The van der Waals surface area contributed by atoms with Gasteiger partial charge in [-0.15, -0.1) is 5.10 Å². The molecule has 0 aliphatic heterocycles. The Kier molecular flexibility index (Phi) is 4.15. The molecule has 17 heavy (non-hydrogen) atoms. The third-order valence-corrected chi connectivity index (χ3v) is 4.72. The largest absolute Gasteiger partial charge is 0.323 e. The molecule has 3 unspecified atom stereocenters. The molecular weight excluding hydrogens is 230 g/mol. The van der Waals surface area contributed by atoms with Gasteiger partial charge in [0.2, 0.25) is 0 Å². The van der Waals surface area contributed by atoms with Crippen LogP contribution >= 0.6 is 11.5 Å². The summed E-state index contributed by atoms with van der Waals surface area (Å²) in [6, 6.07) is 0.148. The van der Waals surface area contributed by atoms with Gasteiger partial charge < -0.3 is 5.73 Å². The zero-order valence-corrected chi connectivity index (χ0v) is 11.8. The first-order valence-electron chi connectivity index (χ1n) is 6.67. The zero-order valence-electron chi connectivity index (χ0n) is 11.0. The van der Waals surface area contributed by atoms with Crippen LogP contribution in [0, 0.1) is 11.8 Å². The average Bonchev–Trinajstić information content (AvgIpc) is 2.77. The molecule has 2 rings (SSSR count). The van der Waals surface area contributed by atoms with Crippen LogP contribution in [0.1, 0.15) is 69.0 Å². The smallest absolute Gasteiger partial charge is 0.0829 e. The average molecular weight is 253 g/mol. The topological polar surface area (TPSA) is 51.8 Å². The van der Waals surface area contributed by atoms with Gasteiger partial charge in [-0.05, 0) is 42.1 Å². The summed E-state index contributed by atoms with van der Waals surface area (Å²) in [5, 5.41) is 4.24. The highest BCUT2D eigenvalue weighted by Gasteiger charge is 2.29. The first-order valence-corrected chi connectivity index (χ1v) is 7.44. The first kappa shape index (κ1) is 13.0. The van der Waals surface area contributed by atoms with Crippen LogP contribution in [0.3, 0.4) is 0 Å². The summed E-state index contributed by atoms with van der Waals surface area (Å²) in [6.07, 6.45) is 5.21. The molecule has 0 saturated heterocycles. The maximum absolute atomic E-state index is 6.45. The third-order valence-electron chi connectivity index (χ3n) is 3.87. The van der Waals surface area contributed by atoms with Crippen LogP contribution in [0.4, 0.5) is 0 Å². The van der Waals surface area contributed by atoms with Crippen molar-refractivity contribution in [3.05, 3.63) is 10.6 Å². The molecule has 96 valence electrons. The van der Waals surface area contributed by atoms with Crippen molar-refractivity contribution >= 4 is 11.5 Å². The number of nitrogens with zero attached hydrogens (tertiary/aromatic N) is 2. The van der Waals surface area contributed by atoms with Gasteiger partial charge in [0.15, 0.2) is 0 Å². The fourth-order valence-electron chi connectivity index (χ4n) is 2.86. The van der Waals surface area contributed by atoms with E-state index in [1.54, 1.807) is 0 Å². The van der Waals surface area contributed by atoms with E-state index in [1.165, 1.54) is 42.1 Å². The summed E-state index contributed by atoms with van der Waals surface area (Å²) < 4.78 is 4.09. The van der Waals surface area contributed by atoms with Crippen molar-refractivity contribution in [1.29, 1.82) is 0 Å². The van der Waals surface area contributed by atoms with Crippen LogP contribution < -0.4 is 5.73 Å². The predicted molar refractivity (Wildman–Crippen MR) is 72.0 cm³/mol. The lowest BCUT2D eigenvalue weighted by molar-refractivity contribution is 0.249. The van der Waals surface area contributed by atoms with E-state index in [1.807, 2.05) is 0 Å². The van der Waals surface area contributed by atoms with E-state index < -0.39 is 0 Å². The maximum atomic E-state index is 6.45. The van der Waals surface area contributed by atoms with Gasteiger partial charge in [-0.2, -0.15) is 0 Å². The molecule has 1 aromatic heterocycles. The Morgan fingerprint density at radius 2 is 2.12 bits per heavy atom. The molecule has 3 nitrogen and oxygen atoms in total. The highest BCUT2D eigenvalue weighted by Crippen LogP contribution is 2.38. The molecule has 1 saturated carbocycles. The van der Waals surface area contributed by atoms with E-state index in [-0.39, 0.29) is 6.04 Å². The number of hydrogen-bond acceptors (Lipinski definition) is 4. The monoisotopic (exact) mass is 253 g/mol. The van der Waals surface area contributed by atoms with E-state index in [2.05, 4.69) is 30.4 Å². The van der Waals surface area contributed by atoms with Crippen molar-refractivity contribution in [2.24, 2.45) is 17.6 Å². The number of rotatable bonds is 3. The van der Waals surface area contributed by atoms with Crippen LogP contribution in [-0.4, -0.2) is 9.59 Å². The van der Waals surface area contributed by atoms with E-state index in [9.17, 15) is 0 Å². The fourth-order valence-corrected chi connectivity index (χ4v) is 3.76. The second-order valence-corrected chi connectivity index (χ2v) is 6.52. The van der Waals surface area contributed by atoms with Crippen LogP contribution in [0.5, 0.6) is 0 Å². The molecule has 4 heteroatoms. The number of hydrogen-bond donors (Lipinski definition) is 1. The molecule has 0 aromatic carbocycles. The van der Waals surface area contributed by atoms with Crippen LogP contribution in [0.2, 0.25) is 0 Å². The molecule has 2 N–H and O–H groups in total. The number of nitrogens with two attached hydrogens (primary N) is 1. The molecule has 0 radical (unpaired) electrons. The molecule has 1 heterocycles. The predicted octanol–water partition coefficient (Wildman–Crippen LogP) is 3.49. The van der Waals surface area contributed by atoms with Crippen molar-refractivity contribution in [2.75, 3.05) is 0 Å². The van der Waals surface area contributed by atoms with Gasteiger partial charge in [-0.25, -0.2) is 0 Å². The first-order chi connectivity index (χ1) is 8.09. The minimum Gasteiger partial charge on any atom is -0.323 e. The summed E-state index contributed by atoms with van der Waals surface area (Å²) in [4.78, 5) is 1.22. The molecule has 1 fully saturated rings. The van der Waals surface area contributed by atoms with E-state index in [4.69, 9.17) is 5.73 Å². The quantitative estimate of drug-likeness (QED) is 0.897. The van der Waals surface area contributed by atoms with Crippen LogP contribution in [-0.2, 0) is 0 Å². The van der Waals surface area contributed by atoms with Crippen molar-refractivity contribution in [2.45, 2.75) is 58.4 Å². The molecule has 3 atom stereocenters. The van der Waals surface area contributed by atoms with Crippen LogP contribution in [0.25, 0.3) is 0 Å². The Morgan fingerprint density at radius 1 is 1.35 bits per heavy atom. The van der Waals surface area contributed by atoms with Crippen molar-refractivity contribution in [1.82, 2.24) is 9.59 Å². The summed E-state index contributed by atoms with van der Waals surface area (Å²) in [5.74, 6) is 1.87.